The molecule has 10 nitrogen and oxygen atoms in total. The number of aliphatic hydroxyl groups excluding tert-OH is 1. The van der Waals surface area contributed by atoms with Crippen LogP contribution in [0.25, 0.3) is 0 Å². The van der Waals surface area contributed by atoms with Gasteiger partial charge in [0.05, 0.1) is 12.1 Å². The molecule has 6 atom stereocenters. The number of carboxylic acids is 1. The number of hydrogen-bond donors (Lipinski definition) is 6. The van der Waals surface area contributed by atoms with Gasteiger partial charge in [-0.1, -0.05) is 40.5 Å². The molecule has 0 aliphatic heterocycles. The van der Waals surface area contributed by atoms with E-state index in [0.29, 0.717) is 12.8 Å². The van der Waals surface area contributed by atoms with E-state index < -0.39 is 54.5 Å². The molecule has 0 saturated heterocycles. The minimum Gasteiger partial charge on any atom is -0.480 e. The minimum absolute atomic E-state index is 0.0762. The zero-order valence-electron chi connectivity index (χ0n) is 17.2. The molecule has 0 fully saturated rings. The van der Waals surface area contributed by atoms with Crippen LogP contribution in [0.2, 0.25) is 0 Å². The highest BCUT2D eigenvalue weighted by atomic mass is 16.4. The number of aliphatic hydroxyl groups is 1. The van der Waals surface area contributed by atoms with E-state index in [4.69, 9.17) is 10.8 Å². The Morgan fingerprint density at radius 1 is 0.857 bits per heavy atom. The number of carbonyl (C=O) groups excluding carboxylic acids is 3. The van der Waals surface area contributed by atoms with Gasteiger partial charge in [0.25, 0.3) is 0 Å². The van der Waals surface area contributed by atoms with Crippen molar-refractivity contribution in [2.24, 2.45) is 17.6 Å². The van der Waals surface area contributed by atoms with Crippen molar-refractivity contribution >= 4 is 23.7 Å². The summed E-state index contributed by atoms with van der Waals surface area (Å²) in [4.78, 5) is 47.8. The monoisotopic (exact) mass is 402 g/mol. The molecular weight excluding hydrogens is 368 g/mol. The number of nitrogens with one attached hydrogen (secondary N) is 3. The maximum Gasteiger partial charge on any atom is 0.322 e. The fraction of sp³-hybridized carbons (Fsp3) is 0.778. The molecule has 7 N–H and O–H groups in total. The highest BCUT2D eigenvalue weighted by Gasteiger charge is 2.33. The van der Waals surface area contributed by atoms with Crippen molar-refractivity contribution in [1.29, 1.82) is 0 Å². The molecule has 162 valence electrons. The van der Waals surface area contributed by atoms with Crippen molar-refractivity contribution in [3.63, 3.8) is 0 Å². The molecule has 28 heavy (non-hydrogen) atoms. The van der Waals surface area contributed by atoms with Crippen LogP contribution in [0.3, 0.4) is 0 Å². The molecule has 0 saturated carbocycles. The average molecular weight is 402 g/mol. The van der Waals surface area contributed by atoms with Gasteiger partial charge in [0.15, 0.2) is 0 Å². The molecule has 0 rings (SSSR count). The fourth-order valence-electron chi connectivity index (χ4n) is 2.38. The number of carbonyl (C=O) groups is 4. The van der Waals surface area contributed by atoms with Crippen molar-refractivity contribution in [3.05, 3.63) is 0 Å². The van der Waals surface area contributed by atoms with Gasteiger partial charge in [0.2, 0.25) is 17.7 Å². The van der Waals surface area contributed by atoms with Crippen LogP contribution in [0, 0.1) is 11.8 Å². The number of aliphatic carboxylic acids is 1. The molecule has 0 aliphatic rings. The number of nitrogens with two attached hydrogens (primary N) is 1. The van der Waals surface area contributed by atoms with E-state index >= 15 is 0 Å². The summed E-state index contributed by atoms with van der Waals surface area (Å²) < 4.78 is 0. The molecule has 0 aliphatic carbocycles. The van der Waals surface area contributed by atoms with Crippen LogP contribution in [-0.4, -0.2) is 64.7 Å². The minimum atomic E-state index is -1.36. The highest BCUT2D eigenvalue weighted by molar-refractivity contribution is 5.94. The molecule has 0 radical (unpaired) electrons. The number of hydrogen-bond acceptors (Lipinski definition) is 6. The second-order valence-electron chi connectivity index (χ2n) is 7.12. The molecule has 0 bridgehead atoms. The number of carboxylic acid groups (broad SMARTS) is 1. The summed E-state index contributed by atoms with van der Waals surface area (Å²) in [7, 11) is 0. The Balaban J connectivity index is 5.29. The summed E-state index contributed by atoms with van der Waals surface area (Å²) in [6.07, 6.45) is -0.00202. The Labute approximate surface area is 165 Å². The first kappa shape index (κ1) is 25.8. The molecule has 0 aromatic heterocycles. The van der Waals surface area contributed by atoms with E-state index in [1.54, 1.807) is 6.92 Å². The van der Waals surface area contributed by atoms with Gasteiger partial charge in [0.1, 0.15) is 18.6 Å². The summed E-state index contributed by atoms with van der Waals surface area (Å²) in [6, 6.07) is -3.10. The van der Waals surface area contributed by atoms with Crippen LogP contribution in [0.5, 0.6) is 0 Å². The summed E-state index contributed by atoms with van der Waals surface area (Å²) in [6.45, 7) is 7.99. The Bertz CT molecular complexity index is 554. The van der Waals surface area contributed by atoms with Crippen LogP contribution >= 0.6 is 0 Å². The molecule has 3 amide bonds. The van der Waals surface area contributed by atoms with Crippen molar-refractivity contribution in [2.45, 2.75) is 71.7 Å². The van der Waals surface area contributed by atoms with Crippen LogP contribution in [0.4, 0.5) is 0 Å². The highest BCUT2D eigenvalue weighted by Crippen LogP contribution is 2.11. The Morgan fingerprint density at radius 2 is 1.36 bits per heavy atom. The molecule has 0 spiro atoms. The molecule has 0 heterocycles. The van der Waals surface area contributed by atoms with Gasteiger partial charge in [-0.05, 0) is 18.8 Å². The van der Waals surface area contributed by atoms with Gasteiger partial charge < -0.3 is 31.9 Å². The second-order valence-corrected chi connectivity index (χ2v) is 7.12. The van der Waals surface area contributed by atoms with Crippen LogP contribution < -0.4 is 21.7 Å². The van der Waals surface area contributed by atoms with Crippen LogP contribution in [-0.2, 0) is 19.2 Å². The molecule has 0 aromatic rings. The zero-order chi connectivity index (χ0) is 22.0. The third kappa shape index (κ3) is 8.22. The van der Waals surface area contributed by atoms with Gasteiger partial charge in [-0.25, -0.2) is 0 Å². The third-order valence-corrected chi connectivity index (χ3v) is 4.83. The van der Waals surface area contributed by atoms with Gasteiger partial charge in [0, 0.05) is 0 Å². The van der Waals surface area contributed by atoms with Crippen LogP contribution in [0.1, 0.15) is 47.5 Å². The summed E-state index contributed by atoms with van der Waals surface area (Å²) in [5, 5.41) is 25.6. The van der Waals surface area contributed by atoms with Gasteiger partial charge in [-0.3, -0.25) is 19.2 Å². The first-order valence-corrected chi connectivity index (χ1v) is 9.49. The quantitative estimate of drug-likeness (QED) is 0.242. The summed E-state index contributed by atoms with van der Waals surface area (Å²) in [5.41, 5.74) is 5.92. The van der Waals surface area contributed by atoms with E-state index in [9.17, 15) is 24.3 Å². The maximum atomic E-state index is 12.7. The Kier molecular flexibility index (Phi) is 11.3. The van der Waals surface area contributed by atoms with Gasteiger partial charge in [-0.15, -0.1) is 0 Å². The lowest BCUT2D eigenvalue weighted by Gasteiger charge is -2.29. The molecule has 10 heteroatoms. The van der Waals surface area contributed by atoms with Crippen molar-refractivity contribution < 1.29 is 29.4 Å². The van der Waals surface area contributed by atoms with Crippen molar-refractivity contribution in [3.8, 4) is 0 Å². The number of amides is 3. The Hall–Kier alpha value is -2.20. The second kappa shape index (κ2) is 12.3. The predicted octanol–water partition coefficient (Wildman–Crippen LogP) is -1.04. The number of rotatable bonds is 12. The summed E-state index contributed by atoms with van der Waals surface area (Å²) in [5.74, 6) is -3.56. The molecular formula is C18H34N4O6. The van der Waals surface area contributed by atoms with Crippen molar-refractivity contribution in [1.82, 2.24) is 16.0 Å². The van der Waals surface area contributed by atoms with E-state index in [2.05, 4.69) is 16.0 Å². The lowest BCUT2D eigenvalue weighted by Crippen LogP contribution is -2.60. The van der Waals surface area contributed by atoms with Gasteiger partial charge in [-0.2, -0.15) is 0 Å². The third-order valence-electron chi connectivity index (χ3n) is 4.83. The summed E-state index contributed by atoms with van der Waals surface area (Å²) >= 11 is 0. The lowest BCUT2D eigenvalue weighted by atomic mass is 9.95. The van der Waals surface area contributed by atoms with E-state index in [0.717, 1.165) is 0 Å². The van der Waals surface area contributed by atoms with Crippen LogP contribution in [0.15, 0.2) is 0 Å². The predicted molar refractivity (Wildman–Crippen MR) is 103 cm³/mol. The molecule has 6 unspecified atom stereocenters. The Morgan fingerprint density at radius 3 is 1.79 bits per heavy atom. The fourth-order valence-corrected chi connectivity index (χ4v) is 2.38. The average Bonchev–Trinajstić information content (AvgIpc) is 2.65. The first-order valence-electron chi connectivity index (χ1n) is 9.49. The maximum absolute atomic E-state index is 12.7. The molecule has 0 aromatic carbocycles. The topological polar surface area (TPSA) is 171 Å². The largest absolute Gasteiger partial charge is 0.480 e. The SMILES string of the molecule is CCC(C)C(N)C(=O)NC(C(=O)NC(C(=O)NCC(=O)O)C(C)O)C(C)CC. The van der Waals surface area contributed by atoms with E-state index in [-0.39, 0.29) is 11.8 Å². The van der Waals surface area contributed by atoms with E-state index in [1.807, 2.05) is 20.8 Å². The first-order chi connectivity index (χ1) is 13.0. The lowest BCUT2D eigenvalue weighted by molar-refractivity contribution is -0.139. The standard InChI is InChI=1S/C18H34N4O6/c1-6-9(3)13(19)16(26)21-14(10(4)7-2)18(28)22-15(11(5)23)17(27)20-8-12(24)25/h9-11,13-15,23H,6-8,19H2,1-5H3,(H,20,27)(H,21,26)(H,22,28)(H,24,25). The van der Waals surface area contributed by atoms with Gasteiger partial charge >= 0.3 is 5.97 Å². The zero-order valence-corrected chi connectivity index (χ0v) is 17.2. The normalized spacial score (nSPS) is 17.4. The van der Waals surface area contributed by atoms with E-state index in [1.165, 1.54) is 6.92 Å². The van der Waals surface area contributed by atoms with Crippen molar-refractivity contribution in [2.75, 3.05) is 6.54 Å². The smallest absolute Gasteiger partial charge is 0.322 e.